The number of hydrogen-bond acceptors (Lipinski definition) is 7. The van der Waals surface area contributed by atoms with Crippen LogP contribution in [0.4, 0.5) is 0 Å². The van der Waals surface area contributed by atoms with Crippen molar-refractivity contribution in [3.63, 3.8) is 0 Å². The molecule has 0 fully saturated rings. The van der Waals surface area contributed by atoms with Crippen LogP contribution in [0.3, 0.4) is 0 Å². The summed E-state index contributed by atoms with van der Waals surface area (Å²) < 4.78 is 19.4. The van der Waals surface area contributed by atoms with Gasteiger partial charge in [0.15, 0.2) is 11.6 Å². The number of rotatable bonds is 7. The molecule has 0 saturated carbocycles. The van der Waals surface area contributed by atoms with Gasteiger partial charge in [-0.1, -0.05) is 29.3 Å². The average Bonchev–Trinajstić information content (AvgIpc) is 3.45. The lowest BCUT2D eigenvalue weighted by atomic mass is 10.2. The van der Waals surface area contributed by atoms with Crippen LogP contribution in [0.2, 0.25) is 10.0 Å². The van der Waals surface area contributed by atoms with E-state index >= 15 is 0 Å². The highest BCUT2D eigenvalue weighted by atomic mass is 35.5. The summed E-state index contributed by atoms with van der Waals surface area (Å²) in [5.41, 5.74) is -0.0193. The number of benzene rings is 1. The molecule has 12 heteroatoms. The molecule has 0 unspecified atom stereocenters. The summed E-state index contributed by atoms with van der Waals surface area (Å²) in [6.07, 6.45) is 1.96. The fraction of sp³-hybridized carbons (Fsp3) is 0.179. The van der Waals surface area contributed by atoms with E-state index in [1.54, 1.807) is 49.5 Å². The number of halogens is 2. The van der Waals surface area contributed by atoms with Gasteiger partial charge in [-0.15, -0.1) is 0 Å². The van der Waals surface area contributed by atoms with Crippen molar-refractivity contribution in [1.29, 1.82) is 0 Å². The number of amides is 1. The summed E-state index contributed by atoms with van der Waals surface area (Å²) in [6.45, 7) is 3.22. The van der Waals surface area contributed by atoms with Crippen molar-refractivity contribution >= 4 is 51.8 Å². The van der Waals surface area contributed by atoms with Crippen LogP contribution in [0.25, 0.3) is 16.7 Å². The fourth-order valence-corrected chi connectivity index (χ4v) is 4.53. The quantitative estimate of drug-likeness (QED) is 0.203. The van der Waals surface area contributed by atoms with Crippen molar-refractivity contribution in [3.05, 3.63) is 104 Å². The average molecular weight is 581 g/mol. The van der Waals surface area contributed by atoms with E-state index in [0.29, 0.717) is 16.4 Å². The van der Waals surface area contributed by atoms with E-state index in [-0.39, 0.29) is 46.0 Å². The Labute approximate surface area is 237 Å². The molecule has 0 spiro atoms. The van der Waals surface area contributed by atoms with Crippen molar-refractivity contribution in [2.75, 3.05) is 6.61 Å². The zero-order valence-corrected chi connectivity index (χ0v) is 22.8. The van der Waals surface area contributed by atoms with Crippen LogP contribution in [0, 0.1) is 0 Å². The molecule has 10 nitrogen and oxygen atoms in total. The Kier molecular flexibility index (Phi) is 7.72. The molecule has 204 valence electrons. The normalized spacial score (nSPS) is 12.6. The third-order valence-electron chi connectivity index (χ3n) is 5.94. The molecule has 40 heavy (non-hydrogen) atoms. The van der Waals surface area contributed by atoms with Gasteiger partial charge in [-0.25, -0.2) is 9.78 Å². The number of furan rings is 1. The lowest BCUT2D eigenvalue weighted by Gasteiger charge is -2.16. The first-order chi connectivity index (χ1) is 19.3. The van der Waals surface area contributed by atoms with Crippen LogP contribution < -0.4 is 15.8 Å². The number of carbonyl (C=O) groups is 2. The largest absolute Gasteiger partial charge is 0.479 e. The second-order valence-corrected chi connectivity index (χ2v) is 9.48. The molecular formula is C28H22Cl2N4O6. The maximum atomic E-state index is 13.5. The van der Waals surface area contributed by atoms with Gasteiger partial charge < -0.3 is 18.5 Å². The molecule has 5 aromatic rings. The topological polar surface area (TPSA) is 117 Å². The minimum absolute atomic E-state index is 0.0105. The Morgan fingerprint density at radius 1 is 1.12 bits per heavy atom. The van der Waals surface area contributed by atoms with Crippen LogP contribution in [-0.2, 0) is 16.1 Å². The van der Waals surface area contributed by atoms with E-state index in [4.69, 9.17) is 37.1 Å². The Morgan fingerprint density at radius 2 is 1.95 bits per heavy atom. The summed E-state index contributed by atoms with van der Waals surface area (Å²) in [5, 5.41) is 0.752. The zero-order chi connectivity index (χ0) is 28.4. The predicted molar refractivity (Wildman–Crippen MR) is 148 cm³/mol. The lowest BCUT2D eigenvalue weighted by molar-refractivity contribution is -0.124. The van der Waals surface area contributed by atoms with Crippen LogP contribution >= 0.6 is 23.2 Å². The molecule has 0 N–H and O–H groups in total. The summed E-state index contributed by atoms with van der Waals surface area (Å²) in [5.74, 6) is -0.781. The smallest absolute Gasteiger partial charge is 0.341 e. The SMILES string of the molecule is CCOC(=O)c1cc2c(=O)n3ccccc3nc2n(Cc2ccco2)c1=NC(=O)[C@H](C)Oc1ccc(Cl)cc1Cl. The highest BCUT2D eigenvalue weighted by molar-refractivity contribution is 6.35. The first-order valence-corrected chi connectivity index (χ1v) is 13.0. The number of pyridine rings is 2. The molecule has 0 aliphatic heterocycles. The number of nitrogens with zero attached hydrogens (tertiary/aromatic N) is 4. The number of ether oxygens (including phenoxy) is 2. The molecule has 4 heterocycles. The van der Waals surface area contributed by atoms with Crippen molar-refractivity contribution in [2.45, 2.75) is 26.5 Å². The monoisotopic (exact) mass is 580 g/mol. The molecule has 0 aliphatic carbocycles. The number of hydrogen-bond donors (Lipinski definition) is 0. The molecule has 0 radical (unpaired) electrons. The van der Waals surface area contributed by atoms with E-state index in [1.165, 1.54) is 40.4 Å². The molecule has 5 rings (SSSR count). The van der Waals surface area contributed by atoms with Gasteiger partial charge in [0.05, 0.1) is 29.8 Å². The van der Waals surface area contributed by atoms with Crippen LogP contribution in [-0.4, -0.2) is 38.5 Å². The van der Waals surface area contributed by atoms with Crippen LogP contribution in [0.15, 0.2) is 81.3 Å². The maximum Gasteiger partial charge on any atom is 0.341 e. The molecule has 4 aromatic heterocycles. The highest BCUT2D eigenvalue weighted by Crippen LogP contribution is 2.28. The summed E-state index contributed by atoms with van der Waals surface area (Å²) in [4.78, 5) is 48.9. The second-order valence-electron chi connectivity index (χ2n) is 8.64. The third kappa shape index (κ3) is 5.36. The van der Waals surface area contributed by atoms with Gasteiger partial charge in [0.1, 0.15) is 28.4 Å². The van der Waals surface area contributed by atoms with Gasteiger partial charge in [-0.05, 0) is 62.4 Å². The molecule has 1 amide bonds. The summed E-state index contributed by atoms with van der Waals surface area (Å²) >= 11 is 12.2. The van der Waals surface area contributed by atoms with E-state index in [1.807, 2.05) is 0 Å². The van der Waals surface area contributed by atoms with Gasteiger partial charge in [0, 0.05) is 11.2 Å². The van der Waals surface area contributed by atoms with E-state index < -0.39 is 23.5 Å². The molecule has 0 saturated heterocycles. The molecule has 0 bridgehead atoms. The van der Waals surface area contributed by atoms with E-state index in [0.717, 1.165) is 0 Å². The Morgan fingerprint density at radius 3 is 2.67 bits per heavy atom. The van der Waals surface area contributed by atoms with Crippen LogP contribution in [0.1, 0.15) is 30.0 Å². The Hall–Kier alpha value is -4.41. The number of esters is 1. The zero-order valence-electron chi connectivity index (χ0n) is 21.3. The summed E-state index contributed by atoms with van der Waals surface area (Å²) in [6, 6.07) is 14.5. The highest BCUT2D eigenvalue weighted by Gasteiger charge is 2.23. The number of aromatic nitrogens is 3. The molecule has 1 aromatic carbocycles. The van der Waals surface area contributed by atoms with Gasteiger partial charge in [-0.2, -0.15) is 4.99 Å². The van der Waals surface area contributed by atoms with Crippen molar-refractivity contribution in [1.82, 2.24) is 14.0 Å². The Bertz CT molecular complexity index is 1880. The van der Waals surface area contributed by atoms with Crippen molar-refractivity contribution < 1.29 is 23.5 Å². The minimum Gasteiger partial charge on any atom is -0.479 e. The third-order valence-corrected chi connectivity index (χ3v) is 6.47. The number of carbonyl (C=O) groups excluding carboxylic acids is 2. The predicted octanol–water partition coefficient (Wildman–Crippen LogP) is 4.67. The standard InChI is InChI=1S/C28H22Cl2N4O6/c1-3-38-28(37)20-14-19-24(31-23-8-4-5-11-33(23)27(19)36)34(15-18-7-6-12-39-18)25(20)32-26(35)16(2)40-22-10-9-17(29)13-21(22)30/h4-14,16H,3,15H2,1-2H3/t16-/m0/s1. The molecule has 1 atom stereocenters. The molecule has 0 aliphatic rings. The van der Waals surface area contributed by atoms with Crippen molar-refractivity contribution in [2.24, 2.45) is 4.99 Å². The first kappa shape index (κ1) is 27.2. The Balaban J connectivity index is 1.75. The lowest BCUT2D eigenvalue weighted by Crippen LogP contribution is -2.34. The van der Waals surface area contributed by atoms with E-state index in [9.17, 15) is 14.4 Å². The van der Waals surface area contributed by atoms with Crippen molar-refractivity contribution in [3.8, 4) is 5.75 Å². The van der Waals surface area contributed by atoms with Gasteiger partial charge >= 0.3 is 5.97 Å². The number of fused-ring (bicyclic) bond motifs is 2. The maximum absolute atomic E-state index is 13.5. The minimum atomic E-state index is -1.10. The second kappa shape index (κ2) is 11.4. The summed E-state index contributed by atoms with van der Waals surface area (Å²) in [7, 11) is 0. The van der Waals surface area contributed by atoms with E-state index in [2.05, 4.69) is 9.98 Å². The van der Waals surface area contributed by atoms with Crippen LogP contribution in [0.5, 0.6) is 5.75 Å². The fourth-order valence-electron chi connectivity index (χ4n) is 4.07. The van der Waals surface area contributed by atoms with Gasteiger partial charge in [-0.3, -0.25) is 14.0 Å². The first-order valence-electron chi connectivity index (χ1n) is 12.2. The van der Waals surface area contributed by atoms with Gasteiger partial charge in [0.2, 0.25) is 0 Å². The molecular weight excluding hydrogens is 559 g/mol. The van der Waals surface area contributed by atoms with Gasteiger partial charge in [0.25, 0.3) is 11.5 Å².